The van der Waals surface area contributed by atoms with Crippen molar-refractivity contribution in [2.45, 2.75) is 40.5 Å². The lowest BCUT2D eigenvalue weighted by Crippen LogP contribution is -2.40. The fourth-order valence-corrected chi connectivity index (χ4v) is 4.41. The lowest BCUT2D eigenvalue weighted by molar-refractivity contribution is -0.130. The van der Waals surface area contributed by atoms with Crippen molar-refractivity contribution in [3.05, 3.63) is 27.4 Å². The maximum Gasteiger partial charge on any atom is 0.224 e. The third-order valence-corrected chi connectivity index (χ3v) is 6.19. The van der Waals surface area contributed by atoms with Crippen LogP contribution >= 0.6 is 46.7 Å². The van der Waals surface area contributed by atoms with Gasteiger partial charge in [0.2, 0.25) is 5.91 Å². The molecule has 2 aromatic rings. The molecule has 0 saturated carbocycles. The minimum Gasteiger partial charge on any atom is -0.357 e. The summed E-state index contributed by atoms with van der Waals surface area (Å²) in [5, 5.41) is 9.70. The van der Waals surface area contributed by atoms with Gasteiger partial charge in [-0.2, -0.15) is 0 Å². The summed E-state index contributed by atoms with van der Waals surface area (Å²) in [6.07, 6.45) is 1.37. The van der Waals surface area contributed by atoms with Crippen LogP contribution in [0.15, 0.2) is 22.5 Å². The molecule has 2 N–H and O–H groups in total. The monoisotopic (exact) mass is 549 g/mol. The molecule has 0 aliphatic heterocycles. The number of hydrogen-bond acceptors (Lipinski definition) is 5. The maximum absolute atomic E-state index is 12.1. The minimum absolute atomic E-state index is 0. The molecule has 0 saturated heterocycles. The van der Waals surface area contributed by atoms with Gasteiger partial charge in [-0.15, -0.1) is 46.7 Å². The van der Waals surface area contributed by atoms with Crippen LogP contribution < -0.4 is 10.6 Å². The summed E-state index contributed by atoms with van der Waals surface area (Å²) >= 11 is 3.46. The Morgan fingerprint density at radius 3 is 2.59 bits per heavy atom. The van der Waals surface area contributed by atoms with Gasteiger partial charge >= 0.3 is 0 Å². The third-order valence-electron chi connectivity index (χ3n) is 4.25. The number of guanidine groups is 1. The van der Waals surface area contributed by atoms with Crippen LogP contribution in [0.5, 0.6) is 0 Å². The van der Waals surface area contributed by atoms with E-state index in [1.165, 1.54) is 9.75 Å². The molecule has 0 fully saturated rings. The van der Waals surface area contributed by atoms with Crippen LogP contribution in [0, 0.1) is 6.92 Å². The van der Waals surface area contributed by atoms with Gasteiger partial charge < -0.3 is 15.5 Å². The van der Waals surface area contributed by atoms with Gasteiger partial charge in [0.1, 0.15) is 0 Å². The van der Waals surface area contributed by atoms with Crippen molar-refractivity contribution in [1.82, 2.24) is 20.5 Å². The molecule has 1 amide bonds. The number of thiophene rings is 1. The summed E-state index contributed by atoms with van der Waals surface area (Å²) in [5.41, 5.74) is 1.06. The van der Waals surface area contributed by atoms with Gasteiger partial charge in [-0.05, 0) is 39.8 Å². The van der Waals surface area contributed by atoms with Crippen LogP contribution in [0.3, 0.4) is 0 Å². The molecule has 2 aromatic heterocycles. The largest absolute Gasteiger partial charge is 0.357 e. The van der Waals surface area contributed by atoms with Crippen LogP contribution in [0.2, 0.25) is 0 Å². The van der Waals surface area contributed by atoms with Crippen molar-refractivity contribution >= 4 is 58.5 Å². The van der Waals surface area contributed by atoms with Gasteiger partial charge in [-0.1, -0.05) is 0 Å². The molecular weight excluding hydrogens is 517 g/mol. The second-order valence-electron chi connectivity index (χ2n) is 6.27. The normalized spacial score (nSPS) is 11.1. The van der Waals surface area contributed by atoms with Gasteiger partial charge in [0.25, 0.3) is 0 Å². The van der Waals surface area contributed by atoms with Gasteiger partial charge in [0.15, 0.2) is 5.96 Å². The molecule has 2 heterocycles. The highest BCUT2D eigenvalue weighted by Crippen LogP contribution is 2.29. The Morgan fingerprint density at radius 2 is 1.97 bits per heavy atom. The first-order valence-electron chi connectivity index (χ1n) is 9.88. The number of aromatic nitrogens is 1. The third kappa shape index (κ3) is 8.59. The summed E-state index contributed by atoms with van der Waals surface area (Å²) in [6, 6.07) is 4.30. The van der Waals surface area contributed by atoms with Crippen molar-refractivity contribution in [1.29, 1.82) is 0 Å². The molecule has 2 rings (SSSR count). The zero-order chi connectivity index (χ0) is 20.4. The van der Waals surface area contributed by atoms with Crippen LogP contribution in [-0.4, -0.2) is 54.5 Å². The standard InChI is InChI=1S/C20H31N5OS2.HI/c1-5-21-20(23-13-11-19(26)25(6-2)7-3)22-12-10-16-8-9-18(28-16)17-14-27-15(4)24-17;/h8-9,14H,5-7,10-13H2,1-4H3,(H2,21,22,23);1H. The van der Waals surface area contributed by atoms with Crippen LogP contribution in [0.25, 0.3) is 10.6 Å². The lowest BCUT2D eigenvalue weighted by Gasteiger charge is -2.19. The Labute approximate surface area is 199 Å². The Balaban J connectivity index is 0.00000420. The van der Waals surface area contributed by atoms with Gasteiger partial charge in [-0.3, -0.25) is 9.79 Å². The van der Waals surface area contributed by atoms with Crippen molar-refractivity contribution in [2.75, 3.05) is 32.7 Å². The SMILES string of the molecule is CCNC(=NCCc1ccc(-c2csc(C)n2)s1)NCCC(=O)N(CC)CC.I. The number of carbonyl (C=O) groups is 1. The van der Waals surface area contributed by atoms with Crippen LogP contribution in [0.4, 0.5) is 0 Å². The summed E-state index contributed by atoms with van der Waals surface area (Å²) in [5.74, 6) is 0.943. The van der Waals surface area contributed by atoms with Crippen LogP contribution in [-0.2, 0) is 11.2 Å². The van der Waals surface area contributed by atoms with Gasteiger partial charge in [-0.25, -0.2) is 4.98 Å². The number of halogens is 1. The molecule has 0 atom stereocenters. The first kappa shape index (κ1) is 25.8. The average molecular weight is 550 g/mol. The number of nitrogens with zero attached hydrogens (tertiary/aromatic N) is 3. The first-order chi connectivity index (χ1) is 13.6. The number of aryl methyl sites for hydroxylation is 1. The molecule has 0 spiro atoms. The number of rotatable bonds is 10. The maximum atomic E-state index is 12.1. The highest BCUT2D eigenvalue weighted by Gasteiger charge is 2.09. The van der Waals surface area contributed by atoms with E-state index in [2.05, 4.69) is 38.1 Å². The molecule has 162 valence electrons. The number of nitrogens with one attached hydrogen (secondary N) is 2. The minimum atomic E-state index is 0. The second-order valence-corrected chi connectivity index (χ2v) is 8.50. The highest BCUT2D eigenvalue weighted by atomic mass is 127. The number of amides is 1. The molecule has 0 aliphatic rings. The predicted molar refractivity (Wildman–Crippen MR) is 136 cm³/mol. The van der Waals surface area contributed by atoms with E-state index >= 15 is 0 Å². The van der Waals surface area contributed by atoms with E-state index in [1.807, 2.05) is 32.6 Å². The molecule has 0 unspecified atom stereocenters. The van der Waals surface area contributed by atoms with E-state index in [9.17, 15) is 4.79 Å². The Kier molecular flexibility index (Phi) is 12.4. The van der Waals surface area contributed by atoms with Crippen molar-refractivity contribution in [3.8, 4) is 10.6 Å². The molecular formula is C20H32IN5OS2. The van der Waals surface area contributed by atoms with E-state index in [1.54, 1.807) is 22.7 Å². The molecule has 9 heteroatoms. The Hall–Kier alpha value is -1.20. The van der Waals surface area contributed by atoms with E-state index in [4.69, 9.17) is 0 Å². The number of carbonyl (C=O) groups excluding carboxylic acids is 1. The van der Waals surface area contributed by atoms with Crippen molar-refractivity contribution in [2.24, 2.45) is 4.99 Å². The molecule has 0 aromatic carbocycles. The zero-order valence-electron chi connectivity index (χ0n) is 17.7. The number of hydrogen-bond donors (Lipinski definition) is 2. The van der Waals surface area contributed by atoms with Crippen molar-refractivity contribution in [3.63, 3.8) is 0 Å². The lowest BCUT2D eigenvalue weighted by atomic mass is 10.3. The van der Waals surface area contributed by atoms with E-state index in [0.29, 0.717) is 19.5 Å². The topological polar surface area (TPSA) is 69.6 Å². The second kappa shape index (κ2) is 13.9. The fourth-order valence-electron chi connectivity index (χ4n) is 2.77. The molecule has 6 nitrogen and oxygen atoms in total. The number of thiazole rings is 1. The smallest absolute Gasteiger partial charge is 0.224 e. The molecule has 29 heavy (non-hydrogen) atoms. The Bertz CT molecular complexity index is 771. The quantitative estimate of drug-likeness (QED) is 0.266. The summed E-state index contributed by atoms with van der Waals surface area (Å²) in [4.78, 5) is 25.6. The average Bonchev–Trinajstić information content (AvgIpc) is 3.31. The fraction of sp³-hybridized carbons (Fsp3) is 0.550. The predicted octanol–water partition coefficient (Wildman–Crippen LogP) is 4.15. The first-order valence-corrected chi connectivity index (χ1v) is 11.6. The summed E-state index contributed by atoms with van der Waals surface area (Å²) < 4.78 is 0. The zero-order valence-corrected chi connectivity index (χ0v) is 21.6. The van der Waals surface area contributed by atoms with Crippen LogP contribution in [0.1, 0.15) is 37.1 Å². The molecule has 0 radical (unpaired) electrons. The van der Waals surface area contributed by atoms with Gasteiger partial charge in [0, 0.05) is 55.8 Å². The molecule has 0 aliphatic carbocycles. The summed E-state index contributed by atoms with van der Waals surface area (Å²) in [6.45, 7) is 11.7. The number of aliphatic imine (C=N–C) groups is 1. The Morgan fingerprint density at radius 1 is 1.21 bits per heavy atom. The van der Waals surface area contributed by atoms with E-state index in [0.717, 1.165) is 42.7 Å². The summed E-state index contributed by atoms with van der Waals surface area (Å²) in [7, 11) is 0. The highest BCUT2D eigenvalue weighted by molar-refractivity contribution is 14.0. The van der Waals surface area contributed by atoms with Gasteiger partial charge in [0.05, 0.1) is 15.6 Å². The molecule has 0 bridgehead atoms. The van der Waals surface area contributed by atoms with Crippen molar-refractivity contribution < 1.29 is 4.79 Å². The van der Waals surface area contributed by atoms with E-state index in [-0.39, 0.29) is 29.9 Å². The van der Waals surface area contributed by atoms with E-state index < -0.39 is 0 Å².